The predicted molar refractivity (Wildman–Crippen MR) is 69.5 cm³/mol. The predicted octanol–water partition coefficient (Wildman–Crippen LogP) is 2.78. The van der Waals surface area contributed by atoms with Gasteiger partial charge in [0.2, 0.25) is 0 Å². The summed E-state index contributed by atoms with van der Waals surface area (Å²) in [6.07, 6.45) is 6.10. The Balaban J connectivity index is 1.81. The van der Waals surface area contributed by atoms with Crippen molar-refractivity contribution in [1.29, 1.82) is 0 Å². The maximum Gasteiger partial charge on any atom is 0.133 e. The zero-order chi connectivity index (χ0) is 12.0. The van der Waals surface area contributed by atoms with Crippen molar-refractivity contribution in [3.8, 4) is 0 Å². The highest BCUT2D eigenvalue weighted by atomic mass is 35.5. The van der Waals surface area contributed by atoms with E-state index in [-0.39, 0.29) is 10.8 Å². The number of hydrogen-bond donors (Lipinski definition) is 1. The maximum absolute atomic E-state index is 6.25. The summed E-state index contributed by atoms with van der Waals surface area (Å²) >= 11 is 6.25. The van der Waals surface area contributed by atoms with Crippen molar-refractivity contribution < 1.29 is 0 Å². The van der Waals surface area contributed by atoms with E-state index in [1.165, 1.54) is 17.7 Å². The number of hydrogen-bond acceptors (Lipinski definition) is 3. The van der Waals surface area contributed by atoms with Crippen molar-refractivity contribution >= 4 is 17.4 Å². The first-order valence-corrected chi connectivity index (χ1v) is 6.76. The Morgan fingerprint density at radius 3 is 2.88 bits per heavy atom. The molecule has 0 saturated heterocycles. The molecule has 3 rings (SSSR count). The van der Waals surface area contributed by atoms with Crippen LogP contribution in [0.5, 0.6) is 0 Å². The zero-order valence-corrected chi connectivity index (χ0v) is 11.1. The van der Waals surface area contributed by atoms with E-state index in [4.69, 9.17) is 11.6 Å². The van der Waals surface area contributed by atoms with Crippen molar-refractivity contribution in [2.75, 3.05) is 5.32 Å². The van der Waals surface area contributed by atoms with E-state index in [0.717, 1.165) is 25.1 Å². The third-order valence-electron chi connectivity index (χ3n) is 4.33. The highest BCUT2D eigenvalue weighted by Crippen LogP contribution is 2.46. The molecule has 1 aromatic heterocycles. The van der Waals surface area contributed by atoms with Gasteiger partial charge in [0.15, 0.2) is 0 Å². The van der Waals surface area contributed by atoms with Crippen LogP contribution in [-0.4, -0.2) is 21.4 Å². The molecule has 0 radical (unpaired) electrons. The molecular formula is C13H18ClN3. The molecule has 2 aliphatic carbocycles. The van der Waals surface area contributed by atoms with Crippen LogP contribution >= 0.6 is 11.6 Å². The van der Waals surface area contributed by atoms with Crippen LogP contribution in [0.1, 0.15) is 37.9 Å². The van der Waals surface area contributed by atoms with Crippen LogP contribution in [0.2, 0.25) is 0 Å². The first kappa shape index (κ1) is 11.3. The number of aromatic nitrogens is 2. The number of nitrogens with one attached hydrogen (secondary N) is 1. The molecule has 92 valence electrons. The number of halogens is 1. The molecule has 0 bridgehead atoms. The molecule has 1 aromatic rings. The lowest BCUT2D eigenvalue weighted by Gasteiger charge is -2.49. The molecule has 0 aliphatic heterocycles. The molecule has 17 heavy (non-hydrogen) atoms. The SMILES string of the molecule is CC1(C)C(Cl)CC1Nc1ncnc2c1CCC2. The average Bonchev–Trinajstić information content (AvgIpc) is 2.77. The van der Waals surface area contributed by atoms with E-state index in [1.807, 2.05) is 0 Å². The lowest BCUT2D eigenvalue weighted by atomic mass is 9.67. The minimum atomic E-state index is 0.151. The Hall–Kier alpha value is -0.830. The third kappa shape index (κ3) is 1.71. The number of fused-ring (bicyclic) bond motifs is 1. The molecule has 4 heteroatoms. The summed E-state index contributed by atoms with van der Waals surface area (Å²) in [6, 6.07) is 0.435. The van der Waals surface area contributed by atoms with Crippen LogP contribution < -0.4 is 5.32 Å². The first-order valence-electron chi connectivity index (χ1n) is 6.32. The highest BCUT2D eigenvalue weighted by molar-refractivity contribution is 6.21. The zero-order valence-electron chi connectivity index (χ0n) is 10.3. The van der Waals surface area contributed by atoms with Crippen LogP contribution in [-0.2, 0) is 12.8 Å². The van der Waals surface area contributed by atoms with Crippen molar-refractivity contribution in [1.82, 2.24) is 9.97 Å². The molecule has 0 amide bonds. The Kier molecular flexibility index (Phi) is 2.54. The normalized spacial score (nSPS) is 29.6. The van der Waals surface area contributed by atoms with Crippen molar-refractivity contribution in [3.63, 3.8) is 0 Å². The largest absolute Gasteiger partial charge is 0.366 e. The van der Waals surface area contributed by atoms with Crippen LogP contribution in [0.4, 0.5) is 5.82 Å². The van der Waals surface area contributed by atoms with Gasteiger partial charge in [-0.25, -0.2) is 9.97 Å². The second-order valence-corrected chi connectivity index (χ2v) is 6.25. The van der Waals surface area contributed by atoms with Gasteiger partial charge in [0.05, 0.1) is 0 Å². The second kappa shape index (κ2) is 3.84. The molecule has 2 unspecified atom stereocenters. The topological polar surface area (TPSA) is 37.8 Å². The fourth-order valence-electron chi connectivity index (χ4n) is 2.77. The molecule has 2 aliphatic rings. The van der Waals surface area contributed by atoms with E-state index in [1.54, 1.807) is 6.33 Å². The molecular weight excluding hydrogens is 234 g/mol. The van der Waals surface area contributed by atoms with Crippen LogP contribution in [0.25, 0.3) is 0 Å². The first-order chi connectivity index (χ1) is 8.09. The smallest absolute Gasteiger partial charge is 0.133 e. The average molecular weight is 252 g/mol. The van der Waals surface area contributed by atoms with Crippen LogP contribution in [0, 0.1) is 5.41 Å². The van der Waals surface area contributed by atoms with Gasteiger partial charge in [-0.1, -0.05) is 13.8 Å². The summed E-state index contributed by atoms with van der Waals surface area (Å²) in [7, 11) is 0. The van der Waals surface area contributed by atoms with Gasteiger partial charge in [-0.2, -0.15) is 0 Å². The monoisotopic (exact) mass is 251 g/mol. The van der Waals surface area contributed by atoms with E-state index in [0.29, 0.717) is 6.04 Å². The lowest BCUT2D eigenvalue weighted by molar-refractivity contribution is 0.168. The van der Waals surface area contributed by atoms with Crippen LogP contribution in [0.3, 0.4) is 0 Å². The van der Waals surface area contributed by atoms with Gasteiger partial charge in [0, 0.05) is 28.1 Å². The van der Waals surface area contributed by atoms with Gasteiger partial charge in [-0.15, -0.1) is 11.6 Å². The third-order valence-corrected chi connectivity index (χ3v) is 5.07. The van der Waals surface area contributed by atoms with Crippen molar-refractivity contribution in [2.45, 2.75) is 50.9 Å². The number of alkyl halides is 1. The Morgan fingerprint density at radius 1 is 1.35 bits per heavy atom. The summed E-state index contributed by atoms with van der Waals surface area (Å²) < 4.78 is 0. The molecule has 0 aromatic carbocycles. The van der Waals surface area contributed by atoms with E-state index < -0.39 is 0 Å². The second-order valence-electron chi connectivity index (χ2n) is 5.72. The molecule has 3 nitrogen and oxygen atoms in total. The minimum Gasteiger partial charge on any atom is -0.366 e. The Labute approximate surface area is 107 Å². The Morgan fingerprint density at radius 2 is 2.18 bits per heavy atom. The van der Waals surface area contributed by atoms with Gasteiger partial charge >= 0.3 is 0 Å². The van der Waals surface area contributed by atoms with E-state index >= 15 is 0 Å². The van der Waals surface area contributed by atoms with Crippen molar-refractivity contribution in [3.05, 3.63) is 17.6 Å². The number of nitrogens with zero attached hydrogens (tertiary/aromatic N) is 2. The summed E-state index contributed by atoms with van der Waals surface area (Å²) in [5.41, 5.74) is 2.70. The Bertz CT molecular complexity index is 444. The summed E-state index contributed by atoms with van der Waals surface area (Å²) in [5, 5.41) is 3.84. The summed E-state index contributed by atoms with van der Waals surface area (Å²) in [6.45, 7) is 4.43. The van der Waals surface area contributed by atoms with Crippen molar-refractivity contribution in [2.24, 2.45) is 5.41 Å². The van der Waals surface area contributed by atoms with Gasteiger partial charge < -0.3 is 5.32 Å². The van der Waals surface area contributed by atoms with Gasteiger partial charge in [-0.3, -0.25) is 0 Å². The van der Waals surface area contributed by atoms with Crippen LogP contribution in [0.15, 0.2) is 6.33 Å². The molecule has 0 spiro atoms. The standard InChI is InChI=1S/C13H18ClN3/c1-13(2)10(14)6-11(13)17-12-8-4-3-5-9(8)15-7-16-12/h7,10-11H,3-6H2,1-2H3,(H,15,16,17). The fourth-order valence-corrected chi connectivity index (χ4v) is 3.10. The minimum absolute atomic E-state index is 0.151. The quantitative estimate of drug-likeness (QED) is 0.822. The fraction of sp³-hybridized carbons (Fsp3) is 0.692. The van der Waals surface area contributed by atoms with E-state index in [2.05, 4.69) is 29.1 Å². The molecule has 1 heterocycles. The summed E-state index contributed by atoms with van der Waals surface area (Å²) in [5.74, 6) is 1.04. The summed E-state index contributed by atoms with van der Waals surface area (Å²) in [4.78, 5) is 8.74. The molecule has 1 fully saturated rings. The number of rotatable bonds is 2. The van der Waals surface area contributed by atoms with Gasteiger partial charge in [0.1, 0.15) is 12.1 Å². The molecule has 1 N–H and O–H groups in total. The highest BCUT2D eigenvalue weighted by Gasteiger charge is 2.47. The lowest BCUT2D eigenvalue weighted by Crippen LogP contribution is -2.54. The number of aryl methyl sites for hydroxylation is 1. The van der Waals surface area contributed by atoms with Gasteiger partial charge in [-0.05, 0) is 25.7 Å². The van der Waals surface area contributed by atoms with E-state index in [9.17, 15) is 0 Å². The number of anilines is 1. The molecule has 1 saturated carbocycles. The van der Waals surface area contributed by atoms with Gasteiger partial charge in [0.25, 0.3) is 0 Å². The maximum atomic E-state index is 6.25. The molecule has 2 atom stereocenters.